The second-order valence-corrected chi connectivity index (χ2v) is 1.24. The van der Waals surface area contributed by atoms with E-state index in [2.05, 4.69) is 6.58 Å². The molecule has 0 amide bonds. The lowest BCUT2D eigenvalue weighted by atomic mass is 10.5. The molecule has 8 heavy (non-hydrogen) atoms. The summed E-state index contributed by atoms with van der Waals surface area (Å²) >= 11 is 5.23. The van der Waals surface area contributed by atoms with Crippen LogP contribution in [0, 0.1) is 0 Å². The zero-order valence-corrected chi connectivity index (χ0v) is 5.23. The van der Waals surface area contributed by atoms with E-state index in [1.807, 2.05) is 0 Å². The van der Waals surface area contributed by atoms with Crippen molar-refractivity contribution in [3.8, 4) is 0 Å². The molecule has 0 atom stereocenters. The fourth-order valence-corrected chi connectivity index (χ4v) is 0.231. The molecule has 0 heterocycles. The molecule has 2 nitrogen and oxygen atoms in total. The summed E-state index contributed by atoms with van der Waals surface area (Å²) < 4.78 is 0. The number of rotatable bonds is 2. The Bertz CT molecular complexity index is 43.0. The molecule has 0 aliphatic rings. The van der Waals surface area contributed by atoms with Crippen molar-refractivity contribution in [3.63, 3.8) is 0 Å². The maximum absolute atomic E-state index is 8.25. The third-order valence-electron chi connectivity index (χ3n) is 0.313. The van der Waals surface area contributed by atoms with Crippen molar-refractivity contribution in [2.24, 2.45) is 0 Å². The van der Waals surface area contributed by atoms with E-state index in [4.69, 9.17) is 21.6 Å². The topological polar surface area (TPSA) is 46.1 Å². The predicted octanol–water partition coefficient (Wildman–Crippen LogP) is -0.958. The van der Waals surface area contributed by atoms with Crippen LogP contribution in [-0.2, 0) is 0 Å². The summed E-state index contributed by atoms with van der Waals surface area (Å²) in [6, 6.07) is 0. The molecule has 0 aliphatic carbocycles. The second kappa shape index (κ2) is 15.7. The Morgan fingerprint density at radius 2 is 2.00 bits per heavy atom. The number of halogens is 1. The highest BCUT2D eigenvalue weighted by Crippen LogP contribution is 1.80. The van der Waals surface area contributed by atoms with E-state index in [1.54, 1.807) is 6.08 Å². The van der Waals surface area contributed by atoms with Crippen molar-refractivity contribution in [3.05, 3.63) is 12.7 Å². The van der Waals surface area contributed by atoms with E-state index < -0.39 is 7.69 Å². The SMILES string of the molecule is C=CCCCl.[O-][B][O-]. The largest absolute Gasteiger partial charge is 0.900 e. The fourth-order valence-electron chi connectivity index (χ4n) is 0.0772. The lowest BCUT2D eigenvalue weighted by Crippen LogP contribution is -2.26. The normalized spacial score (nSPS) is 6.38. The minimum absolute atomic E-state index is 0.500. The highest BCUT2D eigenvalue weighted by atomic mass is 35.5. The maximum atomic E-state index is 8.25. The summed E-state index contributed by atoms with van der Waals surface area (Å²) in [6.45, 7) is 3.47. The van der Waals surface area contributed by atoms with E-state index in [-0.39, 0.29) is 0 Å². The molecule has 0 saturated carbocycles. The summed E-state index contributed by atoms with van der Waals surface area (Å²) in [5, 5.41) is 16.5. The first-order valence-electron chi connectivity index (χ1n) is 2.06. The molecule has 0 unspecified atom stereocenters. The molecule has 0 aromatic rings. The molecule has 0 fully saturated rings. The number of alkyl halides is 1. The summed E-state index contributed by atoms with van der Waals surface area (Å²) in [5.74, 6) is 0.698. The van der Waals surface area contributed by atoms with Crippen LogP contribution < -0.4 is 10.0 Å². The van der Waals surface area contributed by atoms with Gasteiger partial charge in [0.2, 0.25) is 0 Å². The average Bonchev–Trinajstić information content (AvgIpc) is 1.71. The van der Waals surface area contributed by atoms with Crippen LogP contribution >= 0.6 is 11.6 Å². The van der Waals surface area contributed by atoms with Crippen molar-refractivity contribution >= 4 is 19.3 Å². The van der Waals surface area contributed by atoms with Gasteiger partial charge in [0.1, 0.15) is 0 Å². The standard InChI is InChI=1S/C4H7Cl.BO2/c1-2-3-4-5;2-1-3/h2H,1,3-4H2;/q;-2. The second-order valence-electron chi connectivity index (χ2n) is 0.863. The third kappa shape index (κ3) is 37.3. The number of hydrogen-bond acceptors (Lipinski definition) is 2. The molecule has 0 saturated heterocycles. The van der Waals surface area contributed by atoms with Gasteiger partial charge in [-0.3, -0.25) is 0 Å². The maximum Gasteiger partial charge on any atom is 0.0257 e. The Balaban J connectivity index is 0. The first kappa shape index (κ1) is 10.9. The Morgan fingerprint density at radius 3 is 2.00 bits per heavy atom. The van der Waals surface area contributed by atoms with Gasteiger partial charge in [0.05, 0.1) is 0 Å². The average molecular weight is 133 g/mol. The Kier molecular flexibility index (Phi) is 21.5. The van der Waals surface area contributed by atoms with Crippen LogP contribution in [0.25, 0.3) is 0 Å². The molecular weight excluding hydrogens is 126 g/mol. The van der Waals surface area contributed by atoms with Gasteiger partial charge in [0.15, 0.2) is 0 Å². The van der Waals surface area contributed by atoms with Crippen LogP contribution in [0.1, 0.15) is 6.42 Å². The van der Waals surface area contributed by atoms with E-state index in [9.17, 15) is 0 Å². The fraction of sp³-hybridized carbons (Fsp3) is 0.500. The molecule has 0 rings (SSSR count). The van der Waals surface area contributed by atoms with Crippen LogP contribution in [0.2, 0.25) is 0 Å². The van der Waals surface area contributed by atoms with Gasteiger partial charge in [-0.15, -0.1) is 18.2 Å². The van der Waals surface area contributed by atoms with Gasteiger partial charge in [-0.2, -0.15) is 0 Å². The van der Waals surface area contributed by atoms with Crippen LogP contribution in [0.3, 0.4) is 0 Å². The van der Waals surface area contributed by atoms with Crippen molar-refractivity contribution in [1.29, 1.82) is 0 Å². The van der Waals surface area contributed by atoms with Gasteiger partial charge >= 0.3 is 0 Å². The van der Waals surface area contributed by atoms with Crippen LogP contribution in [0.5, 0.6) is 0 Å². The molecule has 0 spiro atoms. The quantitative estimate of drug-likeness (QED) is 0.277. The summed E-state index contributed by atoms with van der Waals surface area (Å²) in [5.41, 5.74) is 0. The summed E-state index contributed by atoms with van der Waals surface area (Å²) in [6.07, 6.45) is 2.72. The molecule has 47 valence electrons. The highest BCUT2D eigenvalue weighted by Gasteiger charge is 1.64. The van der Waals surface area contributed by atoms with E-state index >= 15 is 0 Å². The summed E-state index contributed by atoms with van der Waals surface area (Å²) in [7, 11) is -0.500. The van der Waals surface area contributed by atoms with Crippen molar-refractivity contribution in [1.82, 2.24) is 0 Å². The molecule has 0 aromatic heterocycles. The van der Waals surface area contributed by atoms with E-state index in [1.165, 1.54) is 0 Å². The lowest BCUT2D eigenvalue weighted by molar-refractivity contribution is -0.328. The summed E-state index contributed by atoms with van der Waals surface area (Å²) in [4.78, 5) is 0. The molecule has 0 N–H and O–H groups in total. The minimum atomic E-state index is -0.500. The monoisotopic (exact) mass is 133 g/mol. The van der Waals surface area contributed by atoms with Gasteiger partial charge in [-0.25, -0.2) is 7.69 Å². The van der Waals surface area contributed by atoms with Gasteiger partial charge in [0, 0.05) is 5.88 Å². The van der Waals surface area contributed by atoms with E-state index in [0.29, 0.717) is 5.88 Å². The number of allylic oxidation sites excluding steroid dienone is 1. The molecule has 0 aromatic carbocycles. The zero-order valence-electron chi connectivity index (χ0n) is 4.47. The zero-order chi connectivity index (χ0) is 6.83. The minimum Gasteiger partial charge on any atom is -0.900 e. The Labute approximate surface area is 55.1 Å². The van der Waals surface area contributed by atoms with Crippen molar-refractivity contribution < 1.29 is 10.0 Å². The molecule has 0 bridgehead atoms. The van der Waals surface area contributed by atoms with Crippen molar-refractivity contribution in [2.75, 3.05) is 5.88 Å². The Morgan fingerprint density at radius 1 is 1.62 bits per heavy atom. The van der Waals surface area contributed by atoms with Gasteiger partial charge in [0.25, 0.3) is 0 Å². The van der Waals surface area contributed by atoms with Gasteiger partial charge in [-0.05, 0) is 6.42 Å². The van der Waals surface area contributed by atoms with Crippen LogP contribution in [0.4, 0.5) is 0 Å². The van der Waals surface area contributed by atoms with Gasteiger partial charge in [-0.1, -0.05) is 6.08 Å². The van der Waals surface area contributed by atoms with Crippen LogP contribution in [0.15, 0.2) is 12.7 Å². The molecular formula is C4H7BClO2-2. The van der Waals surface area contributed by atoms with Crippen LogP contribution in [-0.4, -0.2) is 13.6 Å². The van der Waals surface area contributed by atoms with E-state index in [0.717, 1.165) is 6.42 Å². The molecule has 0 aliphatic heterocycles. The predicted molar refractivity (Wildman–Crippen MR) is 31.3 cm³/mol. The third-order valence-corrected chi connectivity index (χ3v) is 0.531. The molecule has 1 radical (unpaired) electrons. The smallest absolute Gasteiger partial charge is 0.0257 e. The highest BCUT2D eigenvalue weighted by molar-refractivity contribution is 6.17. The van der Waals surface area contributed by atoms with Crippen molar-refractivity contribution in [2.45, 2.75) is 6.42 Å². The Hall–Kier alpha value is 0.0149. The first-order valence-corrected chi connectivity index (χ1v) is 2.59. The lowest BCUT2D eigenvalue weighted by Gasteiger charge is -2.01. The number of hydrogen-bond donors (Lipinski definition) is 0. The van der Waals surface area contributed by atoms with Gasteiger partial charge < -0.3 is 10.0 Å². The molecule has 4 heteroatoms. The first-order chi connectivity index (χ1) is 3.83.